The number of hydrogen-bond acceptors (Lipinski definition) is 9. The maximum absolute atomic E-state index is 12.5. The summed E-state index contributed by atoms with van der Waals surface area (Å²) < 4.78 is 34.7. The van der Waals surface area contributed by atoms with Crippen LogP contribution in [0.25, 0.3) is 0 Å². The van der Waals surface area contributed by atoms with Crippen LogP contribution < -0.4 is 16.0 Å². The molecule has 1 spiro atoms. The Bertz CT molecular complexity index is 786. The van der Waals surface area contributed by atoms with E-state index in [0.717, 1.165) is 12.8 Å². The van der Waals surface area contributed by atoms with E-state index in [1.54, 1.807) is 14.2 Å². The van der Waals surface area contributed by atoms with Gasteiger partial charge in [-0.1, -0.05) is 11.6 Å². The number of epoxide rings is 2. The molecule has 0 bridgehead atoms. The van der Waals surface area contributed by atoms with E-state index in [2.05, 4.69) is 42.8 Å². The molecule has 4 unspecified atom stereocenters. The van der Waals surface area contributed by atoms with Gasteiger partial charge in [0.15, 0.2) is 0 Å². The second kappa shape index (κ2) is 13.9. The van der Waals surface area contributed by atoms with Crippen LogP contribution in [0, 0.1) is 5.92 Å². The van der Waals surface area contributed by atoms with Crippen LogP contribution >= 0.6 is 0 Å². The zero-order valence-corrected chi connectivity index (χ0v) is 22.9. The number of rotatable bonds is 16. The van der Waals surface area contributed by atoms with Crippen LogP contribution in [0.15, 0.2) is 11.6 Å². The molecule has 2 heterocycles. The summed E-state index contributed by atoms with van der Waals surface area (Å²) in [4.78, 5) is 23.8. The summed E-state index contributed by atoms with van der Waals surface area (Å²) in [5.74, 6) is -0.0768. The van der Waals surface area contributed by atoms with E-state index in [0.29, 0.717) is 52.5 Å². The minimum atomic E-state index is -0.487. The van der Waals surface area contributed by atoms with Crippen LogP contribution in [0.3, 0.4) is 0 Å². The number of allylic oxidation sites excluding steroid dienone is 1. The Labute approximate surface area is 220 Å². The Morgan fingerprint density at radius 3 is 2.35 bits per heavy atom. The van der Waals surface area contributed by atoms with Gasteiger partial charge in [0.1, 0.15) is 23.4 Å². The van der Waals surface area contributed by atoms with Crippen molar-refractivity contribution in [2.75, 3.05) is 66.8 Å². The van der Waals surface area contributed by atoms with Crippen molar-refractivity contribution in [3.8, 4) is 0 Å². The molecule has 2 amide bonds. The Hall–Kier alpha value is -1.76. The molecule has 3 N–H and O–H groups in total. The quantitative estimate of drug-likeness (QED) is 0.154. The lowest BCUT2D eigenvalue weighted by Crippen LogP contribution is -2.56. The number of carbonyl (C=O) groups is 2. The number of likely N-dealkylation sites (N-methyl/N-ethyl adjacent to an activating group) is 1. The first-order valence-electron chi connectivity index (χ1n) is 13.2. The van der Waals surface area contributed by atoms with Crippen molar-refractivity contribution in [3.63, 3.8) is 0 Å². The van der Waals surface area contributed by atoms with Crippen molar-refractivity contribution in [2.45, 2.75) is 69.5 Å². The van der Waals surface area contributed by atoms with Crippen molar-refractivity contribution in [3.05, 3.63) is 11.6 Å². The first kappa shape index (κ1) is 29.8. The molecule has 0 aromatic carbocycles. The maximum Gasteiger partial charge on any atom is 0.407 e. The van der Waals surface area contributed by atoms with Crippen molar-refractivity contribution in [2.24, 2.45) is 5.92 Å². The fourth-order valence-corrected chi connectivity index (χ4v) is 5.28. The van der Waals surface area contributed by atoms with Crippen LogP contribution in [0.5, 0.6) is 0 Å². The number of alkyl carbamates (subject to hydrolysis) is 1. The monoisotopic (exact) mass is 527 g/mol. The number of methoxy groups -OCH3 is 1. The van der Waals surface area contributed by atoms with Crippen molar-refractivity contribution in [1.82, 2.24) is 16.0 Å². The molecule has 0 radical (unpaired) electrons. The van der Waals surface area contributed by atoms with Crippen molar-refractivity contribution < 1.29 is 38.0 Å². The van der Waals surface area contributed by atoms with Crippen molar-refractivity contribution >= 4 is 12.0 Å². The molecule has 0 aromatic rings. The van der Waals surface area contributed by atoms with E-state index in [9.17, 15) is 9.59 Å². The SMILES string of the molecule is CNCC(=O)NCCOCCOCCNC(=O)OC1CC[C@]2(CO2)C(C2(C)O[C@@H]2CC=C(C)C)C1OC. The van der Waals surface area contributed by atoms with Gasteiger partial charge in [-0.05, 0) is 47.1 Å². The van der Waals surface area contributed by atoms with Gasteiger partial charge in [-0.2, -0.15) is 0 Å². The molecular weight excluding hydrogens is 482 g/mol. The smallest absolute Gasteiger partial charge is 0.407 e. The summed E-state index contributed by atoms with van der Waals surface area (Å²) >= 11 is 0. The highest BCUT2D eigenvalue weighted by molar-refractivity contribution is 5.77. The average molecular weight is 528 g/mol. The summed E-state index contributed by atoms with van der Waals surface area (Å²) in [7, 11) is 3.38. The first-order chi connectivity index (χ1) is 17.8. The number of carbonyl (C=O) groups excluding carboxylic acids is 2. The molecule has 11 nitrogen and oxygen atoms in total. The second-order valence-electron chi connectivity index (χ2n) is 10.4. The van der Waals surface area contributed by atoms with Crippen LogP contribution in [0.2, 0.25) is 0 Å². The number of hydrogen-bond donors (Lipinski definition) is 3. The third kappa shape index (κ3) is 8.36. The normalized spacial score (nSPS) is 32.0. The lowest BCUT2D eigenvalue weighted by atomic mass is 9.68. The third-order valence-electron chi connectivity index (χ3n) is 7.29. The fraction of sp³-hybridized carbons (Fsp3) is 0.846. The van der Waals surface area contributed by atoms with Crippen LogP contribution in [-0.4, -0.2) is 108 Å². The van der Waals surface area contributed by atoms with Crippen molar-refractivity contribution in [1.29, 1.82) is 0 Å². The standard InChI is InChI=1S/C26H45N3O8/c1-18(2)6-7-20-25(3,37-20)23-22(32-5)19(8-9-26(23)17-35-26)36-24(31)29-11-13-34-15-14-33-12-10-28-21(30)16-27-4/h6,19-20,22-23,27H,7-17H2,1-5H3,(H,28,30)(H,29,31)/t19?,20-,22?,23?,25?,26+/m1/s1. The molecule has 3 fully saturated rings. The molecule has 212 valence electrons. The molecule has 3 aliphatic rings. The van der Waals surface area contributed by atoms with Crippen LogP contribution in [0.4, 0.5) is 4.79 Å². The largest absolute Gasteiger partial charge is 0.443 e. The van der Waals surface area contributed by atoms with E-state index in [1.807, 2.05) is 0 Å². The van der Waals surface area contributed by atoms with Gasteiger partial charge in [0.25, 0.3) is 0 Å². The van der Waals surface area contributed by atoms with Crippen LogP contribution in [-0.2, 0) is 33.2 Å². The van der Waals surface area contributed by atoms with Crippen LogP contribution in [0.1, 0.15) is 40.0 Å². The summed E-state index contributed by atoms with van der Waals surface area (Å²) in [6.07, 6.45) is 3.48. The van der Waals surface area contributed by atoms with E-state index in [4.69, 9.17) is 28.4 Å². The number of nitrogens with one attached hydrogen (secondary N) is 3. The van der Waals surface area contributed by atoms with E-state index in [-0.39, 0.29) is 47.9 Å². The van der Waals surface area contributed by atoms with Gasteiger partial charge < -0.3 is 44.4 Å². The summed E-state index contributed by atoms with van der Waals surface area (Å²) in [5.41, 5.74) is 0.651. The molecule has 1 aliphatic carbocycles. The van der Waals surface area contributed by atoms with Gasteiger partial charge >= 0.3 is 6.09 Å². The van der Waals surface area contributed by atoms with E-state index >= 15 is 0 Å². The molecule has 2 aliphatic heterocycles. The average Bonchev–Trinajstić information content (AvgIpc) is 3.77. The van der Waals surface area contributed by atoms with Gasteiger partial charge in [-0.15, -0.1) is 0 Å². The molecule has 1 saturated carbocycles. The minimum Gasteiger partial charge on any atom is -0.443 e. The Kier molecular flexibility index (Phi) is 11.2. The van der Waals surface area contributed by atoms with Gasteiger partial charge in [0.2, 0.25) is 5.91 Å². The lowest BCUT2D eigenvalue weighted by Gasteiger charge is -2.42. The molecule has 37 heavy (non-hydrogen) atoms. The Morgan fingerprint density at radius 1 is 1.08 bits per heavy atom. The highest BCUT2D eigenvalue weighted by Gasteiger charge is 2.72. The summed E-state index contributed by atoms with van der Waals surface area (Å²) in [6.45, 7) is 9.60. The molecule has 2 saturated heterocycles. The van der Waals surface area contributed by atoms with Gasteiger partial charge in [0, 0.05) is 20.2 Å². The highest BCUT2D eigenvalue weighted by atomic mass is 16.6. The maximum atomic E-state index is 12.5. The van der Waals surface area contributed by atoms with Gasteiger partial charge in [-0.3, -0.25) is 4.79 Å². The fourth-order valence-electron chi connectivity index (χ4n) is 5.28. The van der Waals surface area contributed by atoms with E-state index < -0.39 is 6.09 Å². The predicted octanol–water partition coefficient (Wildman–Crippen LogP) is 1.16. The van der Waals surface area contributed by atoms with E-state index in [1.165, 1.54) is 5.57 Å². The molecule has 0 aromatic heterocycles. The Morgan fingerprint density at radius 2 is 1.76 bits per heavy atom. The summed E-state index contributed by atoms with van der Waals surface area (Å²) in [6, 6.07) is 0. The zero-order valence-electron chi connectivity index (χ0n) is 22.9. The predicted molar refractivity (Wildman–Crippen MR) is 136 cm³/mol. The molecule has 6 atom stereocenters. The third-order valence-corrected chi connectivity index (χ3v) is 7.29. The molecular formula is C26H45N3O8. The molecule has 3 rings (SSSR count). The molecule has 11 heteroatoms. The zero-order chi connectivity index (χ0) is 26.9. The minimum absolute atomic E-state index is 0.00734. The first-order valence-corrected chi connectivity index (χ1v) is 13.2. The number of amides is 2. The lowest BCUT2D eigenvalue weighted by molar-refractivity contribution is -0.120. The highest BCUT2D eigenvalue weighted by Crippen LogP contribution is 2.59. The van der Waals surface area contributed by atoms with Gasteiger partial charge in [0.05, 0.1) is 51.6 Å². The van der Waals surface area contributed by atoms with Gasteiger partial charge in [-0.25, -0.2) is 4.79 Å². The number of ether oxygens (including phenoxy) is 6. The Balaban J connectivity index is 1.34. The summed E-state index contributed by atoms with van der Waals surface area (Å²) in [5, 5.41) is 8.26. The topological polar surface area (TPSA) is 132 Å². The second-order valence-corrected chi connectivity index (χ2v) is 10.4.